The third kappa shape index (κ3) is 4.68. The van der Waals surface area contributed by atoms with Crippen molar-refractivity contribution >= 4 is 51.6 Å². The lowest BCUT2D eigenvalue weighted by Crippen LogP contribution is -2.22. The van der Waals surface area contributed by atoms with Crippen molar-refractivity contribution in [1.29, 1.82) is 0 Å². The molecule has 0 aliphatic rings. The van der Waals surface area contributed by atoms with Crippen LogP contribution in [0.2, 0.25) is 5.02 Å². The molecule has 3 aromatic rings. The third-order valence-corrected chi connectivity index (χ3v) is 5.16. The molecule has 2 aromatic carbocycles. The Hall–Kier alpha value is -2.90. The zero-order valence-electron chi connectivity index (χ0n) is 15.6. The molecule has 0 aliphatic heterocycles. The highest BCUT2D eigenvalue weighted by molar-refractivity contribution is 7.14. The minimum absolute atomic E-state index is 0.129. The fraction of sp³-hybridized carbons (Fsp3) is 0.150. The van der Waals surface area contributed by atoms with Crippen molar-refractivity contribution in [2.75, 3.05) is 17.4 Å². The third-order valence-electron chi connectivity index (χ3n) is 3.91. The molecule has 0 saturated heterocycles. The van der Waals surface area contributed by atoms with Crippen LogP contribution in [0.3, 0.4) is 0 Å². The molecule has 28 heavy (non-hydrogen) atoms. The smallest absolute Gasteiger partial charge is 0.230 e. The van der Waals surface area contributed by atoms with Gasteiger partial charge >= 0.3 is 0 Å². The van der Waals surface area contributed by atoms with Crippen LogP contribution in [0.25, 0.3) is 0 Å². The van der Waals surface area contributed by atoms with E-state index < -0.39 is 0 Å². The number of anilines is 3. The number of nitrogens with one attached hydrogen (secondary N) is 1. The Bertz CT molecular complexity index is 1000. The van der Waals surface area contributed by atoms with Crippen molar-refractivity contribution in [3.8, 4) is 5.75 Å². The highest BCUT2D eigenvalue weighted by Crippen LogP contribution is 2.30. The molecule has 144 valence electrons. The molecule has 0 radical (unpaired) electrons. The number of ether oxygens (including phenoxy) is 1. The van der Waals surface area contributed by atoms with Gasteiger partial charge in [0, 0.05) is 17.3 Å². The Morgan fingerprint density at radius 1 is 1.29 bits per heavy atom. The van der Waals surface area contributed by atoms with Crippen LogP contribution in [0.1, 0.15) is 18.2 Å². The summed E-state index contributed by atoms with van der Waals surface area (Å²) in [6.45, 7) is 3.44. The van der Waals surface area contributed by atoms with E-state index in [1.54, 1.807) is 30.4 Å². The lowest BCUT2D eigenvalue weighted by Gasteiger charge is -2.18. The molecular formula is C20H19ClN4O2S. The number of aryl methyl sites for hydroxylation is 1. The van der Waals surface area contributed by atoms with Gasteiger partial charge in [-0.15, -0.1) is 11.3 Å². The van der Waals surface area contributed by atoms with E-state index in [9.17, 15) is 4.79 Å². The van der Waals surface area contributed by atoms with Gasteiger partial charge in [-0.25, -0.2) is 4.98 Å². The number of halogens is 1. The molecule has 1 aromatic heterocycles. The van der Waals surface area contributed by atoms with Crippen LogP contribution in [0, 0.1) is 6.92 Å². The topological polar surface area (TPSA) is 66.8 Å². The first-order valence-electron chi connectivity index (χ1n) is 8.43. The van der Waals surface area contributed by atoms with E-state index in [4.69, 9.17) is 16.3 Å². The number of rotatable bonds is 6. The number of hydrogen-bond acceptors (Lipinski definition) is 6. The summed E-state index contributed by atoms with van der Waals surface area (Å²) in [5.74, 6) is 0.594. The molecule has 0 bridgehead atoms. The number of hydrogen-bond donors (Lipinski definition) is 1. The van der Waals surface area contributed by atoms with Crippen molar-refractivity contribution in [2.45, 2.75) is 13.8 Å². The quantitative estimate of drug-likeness (QED) is 0.442. The summed E-state index contributed by atoms with van der Waals surface area (Å²) >= 11 is 7.47. The number of aromatic nitrogens is 1. The Morgan fingerprint density at radius 2 is 2.04 bits per heavy atom. The summed E-state index contributed by atoms with van der Waals surface area (Å²) in [5, 5.41) is 7.26. The van der Waals surface area contributed by atoms with Crippen LogP contribution < -0.4 is 15.1 Å². The van der Waals surface area contributed by atoms with Gasteiger partial charge in [-0.3, -0.25) is 15.1 Å². The maximum absolute atomic E-state index is 12.2. The first kappa shape index (κ1) is 19.9. The van der Waals surface area contributed by atoms with E-state index in [0.717, 1.165) is 22.7 Å². The van der Waals surface area contributed by atoms with Gasteiger partial charge in [0.2, 0.25) is 5.91 Å². The molecule has 6 nitrogen and oxygen atoms in total. The molecule has 0 atom stereocenters. The zero-order chi connectivity index (χ0) is 20.1. The molecule has 8 heteroatoms. The average Bonchev–Trinajstić information content (AvgIpc) is 3.13. The summed E-state index contributed by atoms with van der Waals surface area (Å²) < 4.78 is 5.16. The second-order valence-electron chi connectivity index (χ2n) is 5.94. The minimum Gasteiger partial charge on any atom is -0.497 e. The lowest BCUT2D eigenvalue weighted by molar-refractivity contribution is -0.115. The molecule has 1 amide bonds. The number of thiazole rings is 1. The maximum Gasteiger partial charge on any atom is 0.230 e. The number of nitrogens with zero attached hydrogens (tertiary/aromatic N) is 3. The number of carbonyl (C=O) groups excluding carboxylic acids is 1. The van der Waals surface area contributed by atoms with Gasteiger partial charge in [-0.1, -0.05) is 17.7 Å². The van der Waals surface area contributed by atoms with E-state index in [2.05, 4.69) is 15.5 Å². The normalized spacial score (nSPS) is 10.9. The Balaban J connectivity index is 1.74. The van der Waals surface area contributed by atoms with E-state index in [-0.39, 0.29) is 5.91 Å². The second-order valence-corrected chi connectivity index (χ2v) is 7.19. The Morgan fingerprint density at radius 3 is 2.68 bits per heavy atom. The number of benzene rings is 2. The largest absolute Gasteiger partial charge is 0.497 e. The molecular weight excluding hydrogens is 396 g/mol. The molecule has 0 aliphatic carbocycles. The summed E-state index contributed by atoms with van der Waals surface area (Å²) in [6.07, 6.45) is 1.60. The van der Waals surface area contributed by atoms with Crippen molar-refractivity contribution < 1.29 is 9.53 Å². The number of methoxy groups -OCH3 is 1. The average molecular weight is 415 g/mol. The van der Waals surface area contributed by atoms with Gasteiger partial charge in [0.1, 0.15) is 5.75 Å². The lowest BCUT2D eigenvalue weighted by atomic mass is 10.2. The Labute approximate surface area is 172 Å². The Kier molecular flexibility index (Phi) is 6.28. The van der Waals surface area contributed by atoms with Crippen LogP contribution in [0.15, 0.2) is 52.9 Å². The first-order valence-corrected chi connectivity index (χ1v) is 9.69. The molecule has 0 unspecified atom stereocenters. The van der Waals surface area contributed by atoms with Crippen LogP contribution in [0.5, 0.6) is 5.75 Å². The monoisotopic (exact) mass is 414 g/mol. The molecule has 0 saturated carbocycles. The van der Waals surface area contributed by atoms with Crippen molar-refractivity contribution in [3.63, 3.8) is 0 Å². The van der Waals surface area contributed by atoms with Crippen LogP contribution in [-0.4, -0.2) is 24.2 Å². The summed E-state index contributed by atoms with van der Waals surface area (Å²) in [5.41, 5.74) is 6.07. The van der Waals surface area contributed by atoms with Gasteiger partial charge in [0.05, 0.1) is 30.4 Å². The van der Waals surface area contributed by atoms with Crippen molar-refractivity contribution in [2.24, 2.45) is 5.10 Å². The van der Waals surface area contributed by atoms with Crippen LogP contribution in [0.4, 0.5) is 16.5 Å². The van der Waals surface area contributed by atoms with E-state index >= 15 is 0 Å². The van der Waals surface area contributed by atoms with Gasteiger partial charge in [-0.05, 0) is 48.9 Å². The fourth-order valence-corrected chi connectivity index (χ4v) is 3.45. The molecule has 0 fully saturated rings. The van der Waals surface area contributed by atoms with Crippen molar-refractivity contribution in [1.82, 2.24) is 4.98 Å². The second kappa shape index (κ2) is 8.86. The molecule has 0 spiro atoms. The molecule has 3 rings (SSSR count). The zero-order valence-corrected chi connectivity index (χ0v) is 17.2. The van der Waals surface area contributed by atoms with Gasteiger partial charge in [0.25, 0.3) is 0 Å². The minimum atomic E-state index is -0.129. The van der Waals surface area contributed by atoms with Crippen LogP contribution in [-0.2, 0) is 4.79 Å². The van der Waals surface area contributed by atoms with E-state index in [1.165, 1.54) is 18.3 Å². The summed E-state index contributed by atoms with van der Waals surface area (Å²) in [6, 6.07) is 12.9. The number of hydrazone groups is 1. The predicted octanol–water partition coefficient (Wildman–Crippen LogP) is 5.24. The fourth-order valence-electron chi connectivity index (χ4n) is 2.43. The van der Waals surface area contributed by atoms with E-state index in [0.29, 0.717) is 15.8 Å². The molecule has 1 heterocycles. The SMILES string of the molecule is COc1ccc(N(C(C)=O)c2nc(/C=N\Nc3ccc(C)c(Cl)c3)cs2)cc1. The first-order chi connectivity index (χ1) is 13.5. The highest BCUT2D eigenvalue weighted by Gasteiger charge is 2.17. The molecule has 1 N–H and O–H groups in total. The number of carbonyl (C=O) groups is 1. The standard InChI is InChI=1S/C20H19ClN4O2S/c1-13-4-5-15(10-19(13)21)24-22-11-16-12-28-20(23-16)25(14(2)26)17-6-8-18(27-3)9-7-17/h4-12,24H,1-3H3/b22-11-. The predicted molar refractivity (Wildman–Crippen MR) is 115 cm³/mol. The summed E-state index contributed by atoms with van der Waals surface area (Å²) in [4.78, 5) is 18.2. The van der Waals surface area contributed by atoms with Crippen LogP contribution >= 0.6 is 22.9 Å². The number of amides is 1. The van der Waals surface area contributed by atoms with E-state index in [1.807, 2.05) is 42.6 Å². The summed E-state index contributed by atoms with van der Waals surface area (Å²) in [7, 11) is 1.60. The van der Waals surface area contributed by atoms with Gasteiger partial charge in [0.15, 0.2) is 5.13 Å². The van der Waals surface area contributed by atoms with Gasteiger partial charge < -0.3 is 4.74 Å². The highest BCUT2D eigenvalue weighted by atomic mass is 35.5. The van der Waals surface area contributed by atoms with Gasteiger partial charge in [-0.2, -0.15) is 5.10 Å². The maximum atomic E-state index is 12.2. The van der Waals surface area contributed by atoms with Crippen molar-refractivity contribution in [3.05, 3.63) is 64.1 Å².